The highest BCUT2D eigenvalue weighted by atomic mass is 32.2. The predicted molar refractivity (Wildman–Crippen MR) is 104 cm³/mol. The van der Waals surface area contributed by atoms with Gasteiger partial charge in [0.1, 0.15) is 0 Å². The molecule has 0 aliphatic heterocycles. The molecule has 0 radical (unpaired) electrons. The van der Waals surface area contributed by atoms with E-state index in [9.17, 15) is 8.42 Å². The van der Waals surface area contributed by atoms with Gasteiger partial charge in [-0.25, -0.2) is 18.5 Å². The van der Waals surface area contributed by atoms with Gasteiger partial charge in [-0.1, -0.05) is 42.5 Å². The summed E-state index contributed by atoms with van der Waals surface area (Å²) in [7, 11) is -1.90. The summed E-state index contributed by atoms with van der Waals surface area (Å²) in [5.74, 6) is 0.424. The van der Waals surface area contributed by atoms with Gasteiger partial charge in [0.25, 0.3) is 0 Å². The number of ether oxygens (including phenoxy) is 1. The maximum Gasteiger partial charge on any atom is 0.215 e. The summed E-state index contributed by atoms with van der Waals surface area (Å²) < 4.78 is 27.5. The minimum Gasteiger partial charge on any atom is -0.481 e. The minimum atomic E-state index is -3.50. The predicted octanol–water partition coefficient (Wildman–Crippen LogP) is 2.69. The van der Waals surface area contributed by atoms with Crippen LogP contribution in [0.5, 0.6) is 5.88 Å². The van der Waals surface area contributed by atoms with Crippen LogP contribution in [0, 0.1) is 0 Å². The van der Waals surface area contributed by atoms with Crippen molar-refractivity contribution in [3.05, 3.63) is 65.7 Å². The smallest absolute Gasteiger partial charge is 0.215 e. The molecule has 0 saturated heterocycles. The third-order valence-corrected chi connectivity index (χ3v) is 4.76. The lowest BCUT2D eigenvalue weighted by atomic mass is 10.1. The highest BCUT2D eigenvalue weighted by Gasteiger charge is 2.07. The molecule has 0 bridgehead atoms. The summed E-state index contributed by atoms with van der Waals surface area (Å²) in [5, 5.41) is 9.53. The molecule has 0 spiro atoms. The van der Waals surface area contributed by atoms with E-state index in [0.29, 0.717) is 11.4 Å². The van der Waals surface area contributed by atoms with Crippen molar-refractivity contribution in [3.63, 3.8) is 0 Å². The Morgan fingerprint density at radius 3 is 2.46 bits per heavy atom. The fraction of sp³-hybridized carbons (Fsp3) is 0.211. The number of hydrogen-bond donors (Lipinski definition) is 2. The molecule has 0 atom stereocenters. The van der Waals surface area contributed by atoms with Crippen LogP contribution in [0.15, 0.2) is 54.6 Å². The monoisotopic (exact) mass is 371 g/mol. The zero-order chi connectivity index (χ0) is 18.6. The lowest BCUT2D eigenvalue weighted by molar-refractivity contribution is 0.400. The first kappa shape index (κ1) is 18.2. The molecule has 136 valence electrons. The molecular weight excluding hydrogens is 350 g/mol. The molecule has 2 aromatic carbocycles. The average molecular weight is 371 g/mol. The molecule has 26 heavy (non-hydrogen) atoms. The second kappa shape index (κ2) is 7.72. The molecule has 0 aliphatic carbocycles. The molecule has 3 rings (SSSR count). The average Bonchev–Trinajstić information content (AvgIpc) is 2.61. The van der Waals surface area contributed by atoms with E-state index < -0.39 is 10.0 Å². The molecule has 0 unspecified atom stereocenters. The molecule has 0 fully saturated rings. The van der Waals surface area contributed by atoms with Crippen molar-refractivity contribution in [3.8, 4) is 5.88 Å². The largest absolute Gasteiger partial charge is 0.481 e. The Morgan fingerprint density at radius 1 is 1.08 bits per heavy atom. The van der Waals surface area contributed by atoms with E-state index in [1.165, 1.54) is 0 Å². The normalized spacial score (nSPS) is 11.5. The number of nitrogens with zero attached hydrogens (tertiary/aromatic N) is 1. The van der Waals surface area contributed by atoms with E-state index in [1.54, 1.807) is 19.2 Å². The van der Waals surface area contributed by atoms with Gasteiger partial charge in [0.05, 0.1) is 18.4 Å². The summed E-state index contributed by atoms with van der Waals surface area (Å²) in [5.41, 5.74) is 3.65. The Hall–Kier alpha value is -2.64. The zero-order valence-corrected chi connectivity index (χ0v) is 15.3. The third kappa shape index (κ3) is 4.71. The van der Waals surface area contributed by atoms with Gasteiger partial charge in [-0.15, -0.1) is 0 Å². The number of fused-ring (bicyclic) bond motifs is 1. The highest BCUT2D eigenvalue weighted by molar-refractivity contribution is 7.88. The van der Waals surface area contributed by atoms with Crippen LogP contribution in [0.3, 0.4) is 0 Å². The van der Waals surface area contributed by atoms with Gasteiger partial charge in [0.2, 0.25) is 15.9 Å². The van der Waals surface area contributed by atoms with Gasteiger partial charge in [0, 0.05) is 23.7 Å². The fourth-order valence-corrected chi connectivity index (χ4v) is 3.43. The van der Waals surface area contributed by atoms with Crippen molar-refractivity contribution < 1.29 is 13.2 Å². The Balaban J connectivity index is 1.67. The lowest BCUT2D eigenvalue weighted by Gasteiger charge is -2.11. The van der Waals surface area contributed by atoms with E-state index in [2.05, 4.69) is 10.3 Å². The van der Waals surface area contributed by atoms with Crippen molar-refractivity contribution in [2.45, 2.75) is 12.2 Å². The zero-order valence-electron chi connectivity index (χ0n) is 14.5. The number of primary sulfonamides is 1. The van der Waals surface area contributed by atoms with Gasteiger partial charge in [-0.2, -0.15) is 0 Å². The molecular formula is C19H21N3O3S. The fourth-order valence-electron chi connectivity index (χ4n) is 2.78. The Bertz CT molecular complexity index is 1000. The lowest BCUT2D eigenvalue weighted by Crippen LogP contribution is -2.14. The van der Waals surface area contributed by atoms with Crippen molar-refractivity contribution >= 4 is 26.6 Å². The van der Waals surface area contributed by atoms with Crippen LogP contribution < -0.4 is 15.2 Å². The summed E-state index contributed by atoms with van der Waals surface area (Å²) >= 11 is 0. The molecule has 7 heteroatoms. The number of para-hydroxylation sites is 1. The summed E-state index contributed by atoms with van der Waals surface area (Å²) in [6, 6.07) is 17.2. The number of rotatable bonds is 7. The van der Waals surface area contributed by atoms with Crippen molar-refractivity contribution in [2.75, 3.05) is 19.0 Å². The summed E-state index contributed by atoms with van der Waals surface area (Å²) in [6.07, 6.45) is 0.800. The topological polar surface area (TPSA) is 94.3 Å². The maximum atomic E-state index is 11.1. The van der Waals surface area contributed by atoms with E-state index in [4.69, 9.17) is 9.88 Å². The number of aromatic nitrogens is 1. The van der Waals surface area contributed by atoms with E-state index in [0.717, 1.165) is 35.1 Å². The molecule has 1 heterocycles. The Labute approximate surface area is 153 Å². The standard InChI is InChI=1S/C19H21N3O3S/c1-25-19-12-18(16-4-2-3-5-17(16)22-19)21-11-10-14-6-8-15(9-7-14)13-26(20,23)24/h2-9,12H,10-11,13H2,1H3,(H,21,22)(H2,20,23,24). The number of sulfonamides is 1. The quantitative estimate of drug-likeness (QED) is 0.666. The third-order valence-electron chi connectivity index (χ3n) is 4.02. The van der Waals surface area contributed by atoms with Crippen LogP contribution in [0.2, 0.25) is 0 Å². The number of methoxy groups -OCH3 is 1. The van der Waals surface area contributed by atoms with Crippen LogP contribution >= 0.6 is 0 Å². The van der Waals surface area contributed by atoms with Crippen molar-refractivity contribution in [1.82, 2.24) is 4.98 Å². The van der Waals surface area contributed by atoms with Crippen molar-refractivity contribution in [2.24, 2.45) is 5.14 Å². The van der Waals surface area contributed by atoms with Gasteiger partial charge in [-0.05, 0) is 23.6 Å². The molecule has 0 amide bonds. The van der Waals surface area contributed by atoms with Crippen LogP contribution in [0.4, 0.5) is 5.69 Å². The summed E-state index contributed by atoms with van der Waals surface area (Å²) in [6.45, 7) is 0.728. The molecule has 1 aromatic heterocycles. The Morgan fingerprint density at radius 2 is 1.77 bits per heavy atom. The number of nitrogens with one attached hydrogen (secondary N) is 1. The van der Waals surface area contributed by atoms with Gasteiger partial charge in [-0.3, -0.25) is 0 Å². The minimum absolute atomic E-state index is 0.145. The van der Waals surface area contributed by atoms with E-state index in [-0.39, 0.29) is 5.75 Å². The van der Waals surface area contributed by atoms with E-state index >= 15 is 0 Å². The Kier molecular flexibility index (Phi) is 5.39. The number of hydrogen-bond acceptors (Lipinski definition) is 5. The van der Waals surface area contributed by atoms with Gasteiger partial charge >= 0.3 is 0 Å². The van der Waals surface area contributed by atoms with E-state index in [1.807, 2.05) is 42.5 Å². The first-order valence-corrected chi connectivity index (χ1v) is 9.92. The molecule has 6 nitrogen and oxygen atoms in total. The molecule has 3 aromatic rings. The first-order chi connectivity index (χ1) is 12.4. The molecule has 0 aliphatic rings. The van der Waals surface area contributed by atoms with Crippen LogP contribution in [-0.2, 0) is 22.2 Å². The SMILES string of the molecule is COc1cc(NCCc2ccc(CS(N)(=O)=O)cc2)c2ccccc2n1. The van der Waals surface area contributed by atoms with Crippen molar-refractivity contribution in [1.29, 1.82) is 0 Å². The van der Waals surface area contributed by atoms with Gasteiger partial charge in [0.15, 0.2) is 0 Å². The number of benzene rings is 2. The van der Waals surface area contributed by atoms with Crippen LogP contribution in [0.25, 0.3) is 10.9 Å². The first-order valence-electron chi connectivity index (χ1n) is 8.20. The molecule has 3 N–H and O–H groups in total. The maximum absolute atomic E-state index is 11.1. The number of pyridine rings is 1. The van der Waals surface area contributed by atoms with Crippen LogP contribution in [0.1, 0.15) is 11.1 Å². The number of nitrogens with two attached hydrogens (primary N) is 1. The van der Waals surface area contributed by atoms with Crippen LogP contribution in [-0.4, -0.2) is 27.1 Å². The number of anilines is 1. The van der Waals surface area contributed by atoms with Gasteiger partial charge < -0.3 is 10.1 Å². The summed E-state index contributed by atoms with van der Waals surface area (Å²) in [4.78, 5) is 4.44. The highest BCUT2D eigenvalue weighted by Crippen LogP contribution is 2.26. The second-order valence-corrected chi connectivity index (χ2v) is 7.64. The second-order valence-electron chi connectivity index (χ2n) is 6.03. The molecule has 0 saturated carbocycles.